The Hall–Kier alpha value is -6.90. The predicted octanol–water partition coefficient (Wildman–Crippen LogP) is 15.5. The van der Waals surface area contributed by atoms with Gasteiger partial charge in [0, 0.05) is 28.7 Å². The second-order valence-electron chi connectivity index (χ2n) is 17.8. The van der Waals surface area contributed by atoms with E-state index in [1.807, 2.05) is 0 Å². The van der Waals surface area contributed by atoms with Crippen LogP contribution in [0.15, 0.2) is 176 Å². The smallest absolute Gasteiger partial charge is 0.0700 e. The van der Waals surface area contributed by atoms with Gasteiger partial charge in [0.2, 0.25) is 0 Å². The molecule has 0 atom stereocenters. The molecule has 0 fully saturated rings. The molecule has 0 saturated carbocycles. The van der Waals surface area contributed by atoms with Crippen molar-refractivity contribution in [3.05, 3.63) is 198 Å². The van der Waals surface area contributed by atoms with Crippen LogP contribution in [0.1, 0.15) is 49.9 Å². The van der Waals surface area contributed by atoms with Gasteiger partial charge in [-0.05, 0) is 120 Å². The zero-order valence-electron chi connectivity index (χ0n) is 34.1. The quantitative estimate of drug-likeness (QED) is 0.166. The minimum Gasteiger partial charge on any atom is -0.341 e. The Morgan fingerprint density at radius 1 is 0.339 bits per heavy atom. The van der Waals surface area contributed by atoms with Crippen LogP contribution < -0.4 is 9.80 Å². The summed E-state index contributed by atoms with van der Waals surface area (Å²) >= 11 is 0. The first kappa shape index (κ1) is 34.2. The Morgan fingerprint density at radius 2 is 0.814 bits per heavy atom. The van der Waals surface area contributed by atoms with Crippen LogP contribution in [-0.4, -0.2) is 7.05 Å². The zero-order valence-corrected chi connectivity index (χ0v) is 34.1. The van der Waals surface area contributed by atoms with Crippen LogP contribution in [0.25, 0.3) is 66.1 Å². The number of rotatable bonds is 3. The molecular formula is C57H44N2. The molecule has 9 aromatic rings. The molecule has 0 N–H and O–H groups in total. The molecule has 2 heteroatoms. The first-order valence-corrected chi connectivity index (χ1v) is 20.9. The van der Waals surface area contributed by atoms with E-state index in [2.05, 4.69) is 220 Å². The van der Waals surface area contributed by atoms with Crippen LogP contribution in [0.2, 0.25) is 0 Å². The summed E-state index contributed by atoms with van der Waals surface area (Å²) in [5.41, 5.74) is 21.7. The summed E-state index contributed by atoms with van der Waals surface area (Å²) < 4.78 is 0. The Kier molecular flexibility index (Phi) is 6.99. The summed E-state index contributed by atoms with van der Waals surface area (Å²) in [6.07, 6.45) is 0. The Balaban J connectivity index is 1.17. The van der Waals surface area contributed by atoms with Crippen molar-refractivity contribution in [1.82, 2.24) is 0 Å². The largest absolute Gasteiger partial charge is 0.341 e. The molecule has 1 aliphatic heterocycles. The maximum absolute atomic E-state index is 2.52. The molecule has 9 aromatic carbocycles. The molecule has 2 nitrogen and oxygen atoms in total. The Morgan fingerprint density at radius 3 is 1.51 bits per heavy atom. The fraction of sp³-hybridized carbons (Fsp3) is 0.123. The third-order valence-electron chi connectivity index (χ3n) is 14.0. The highest BCUT2D eigenvalue weighted by molar-refractivity contribution is 6.24. The molecular weight excluding hydrogens is 713 g/mol. The van der Waals surface area contributed by atoms with Crippen molar-refractivity contribution in [2.75, 3.05) is 16.8 Å². The van der Waals surface area contributed by atoms with Gasteiger partial charge in [-0.15, -0.1) is 0 Å². The summed E-state index contributed by atoms with van der Waals surface area (Å²) in [7, 11) is 2.18. The molecule has 0 bridgehead atoms. The van der Waals surface area contributed by atoms with Crippen LogP contribution in [-0.2, 0) is 10.8 Å². The number of benzene rings is 9. The minimum absolute atomic E-state index is 0.0607. The molecule has 59 heavy (non-hydrogen) atoms. The topological polar surface area (TPSA) is 6.48 Å². The molecule has 0 radical (unpaired) electrons. The van der Waals surface area contributed by atoms with E-state index >= 15 is 0 Å². The van der Waals surface area contributed by atoms with Crippen molar-refractivity contribution < 1.29 is 0 Å². The number of hydrogen-bond donors (Lipinski definition) is 0. The summed E-state index contributed by atoms with van der Waals surface area (Å²) in [5, 5.41) is 4.96. The number of fused-ring (bicyclic) bond motifs is 10. The van der Waals surface area contributed by atoms with Crippen molar-refractivity contribution in [3.63, 3.8) is 0 Å². The van der Waals surface area contributed by atoms with E-state index in [-0.39, 0.29) is 10.8 Å². The molecule has 0 amide bonds. The standard InChI is InChI=1S/C57H44N2/c1-56(2)47-21-11-9-17-39(47)44-33-37(28-31-48(44)56)54-41-18-6-7-19-42(41)55(59-52-24-14-12-22-50(52)58(5)51-23-13-15-25-53(51)59)43-30-27-35(32-45(43)54)36-26-29-40-38-16-8-10-20-46(38)57(3,4)49(40)34-36/h6-34H,1-5H3. The first-order valence-electron chi connectivity index (χ1n) is 20.9. The van der Waals surface area contributed by atoms with Crippen LogP contribution >= 0.6 is 0 Å². The molecule has 0 spiro atoms. The molecule has 2 aliphatic carbocycles. The number of hydrogen-bond acceptors (Lipinski definition) is 2. The molecule has 282 valence electrons. The summed E-state index contributed by atoms with van der Waals surface area (Å²) in [6.45, 7) is 9.48. The highest BCUT2D eigenvalue weighted by Gasteiger charge is 2.37. The number of nitrogens with zero attached hydrogens (tertiary/aromatic N) is 2. The third kappa shape index (κ3) is 4.63. The van der Waals surface area contributed by atoms with E-state index in [0.29, 0.717) is 0 Å². The fourth-order valence-corrected chi connectivity index (χ4v) is 11.0. The monoisotopic (exact) mass is 756 g/mol. The van der Waals surface area contributed by atoms with Gasteiger partial charge in [0.25, 0.3) is 0 Å². The second-order valence-corrected chi connectivity index (χ2v) is 17.8. The highest BCUT2D eigenvalue weighted by atomic mass is 15.3. The first-order chi connectivity index (χ1) is 28.7. The van der Waals surface area contributed by atoms with Crippen molar-refractivity contribution in [1.29, 1.82) is 0 Å². The lowest BCUT2D eigenvalue weighted by atomic mass is 9.81. The van der Waals surface area contributed by atoms with Gasteiger partial charge in [0.1, 0.15) is 0 Å². The summed E-state index contributed by atoms with van der Waals surface area (Å²) in [5.74, 6) is 0. The van der Waals surface area contributed by atoms with Crippen molar-refractivity contribution in [2.24, 2.45) is 0 Å². The second kappa shape index (κ2) is 12.1. The van der Waals surface area contributed by atoms with E-state index < -0.39 is 0 Å². The van der Waals surface area contributed by atoms with Gasteiger partial charge in [-0.25, -0.2) is 0 Å². The van der Waals surface area contributed by atoms with E-state index in [1.54, 1.807) is 0 Å². The maximum Gasteiger partial charge on any atom is 0.0700 e. The van der Waals surface area contributed by atoms with E-state index in [9.17, 15) is 0 Å². The van der Waals surface area contributed by atoms with Gasteiger partial charge >= 0.3 is 0 Å². The molecule has 3 aliphatic rings. The zero-order chi connectivity index (χ0) is 39.8. The van der Waals surface area contributed by atoms with Gasteiger partial charge < -0.3 is 9.80 Å². The SMILES string of the molecule is CN1c2ccccc2N(c2c3ccccc3c(-c3ccc4c(c3)-c3ccccc3C4(C)C)c3cc(-c4ccc5c(c4)C(C)(C)c4ccccc4-5)ccc23)c2ccccc21. The number of anilines is 5. The minimum atomic E-state index is -0.0794. The molecule has 0 unspecified atom stereocenters. The molecule has 12 rings (SSSR count). The normalized spacial score (nSPS) is 15.1. The van der Waals surface area contributed by atoms with E-state index in [1.165, 1.54) is 117 Å². The third-order valence-corrected chi connectivity index (χ3v) is 14.0. The molecule has 1 heterocycles. The van der Waals surface area contributed by atoms with Crippen LogP contribution in [0, 0.1) is 0 Å². The maximum atomic E-state index is 2.52. The summed E-state index contributed by atoms with van der Waals surface area (Å²) in [4.78, 5) is 4.85. The molecule has 0 aromatic heterocycles. The van der Waals surface area contributed by atoms with Gasteiger partial charge in [-0.1, -0.05) is 161 Å². The van der Waals surface area contributed by atoms with Gasteiger partial charge in [0.05, 0.1) is 28.4 Å². The lowest BCUT2D eigenvalue weighted by Gasteiger charge is -2.39. The van der Waals surface area contributed by atoms with Crippen molar-refractivity contribution in [3.8, 4) is 44.5 Å². The van der Waals surface area contributed by atoms with Crippen LogP contribution in [0.4, 0.5) is 28.4 Å². The average Bonchev–Trinajstić information content (AvgIpc) is 3.65. The fourth-order valence-electron chi connectivity index (χ4n) is 11.0. The number of para-hydroxylation sites is 4. The van der Waals surface area contributed by atoms with E-state index in [0.717, 1.165) is 0 Å². The van der Waals surface area contributed by atoms with Crippen molar-refractivity contribution >= 4 is 50.0 Å². The Bertz CT molecular complexity index is 3210. The Labute approximate surface area is 346 Å². The van der Waals surface area contributed by atoms with Crippen LogP contribution in [0.5, 0.6) is 0 Å². The lowest BCUT2D eigenvalue weighted by Crippen LogP contribution is -2.24. The van der Waals surface area contributed by atoms with Crippen LogP contribution in [0.3, 0.4) is 0 Å². The average molecular weight is 757 g/mol. The summed E-state index contributed by atoms with van der Waals surface area (Å²) in [6, 6.07) is 66.3. The van der Waals surface area contributed by atoms with Gasteiger partial charge in [-0.2, -0.15) is 0 Å². The van der Waals surface area contributed by atoms with Gasteiger partial charge in [0.15, 0.2) is 0 Å². The van der Waals surface area contributed by atoms with E-state index in [4.69, 9.17) is 0 Å². The van der Waals surface area contributed by atoms with Gasteiger partial charge in [-0.3, -0.25) is 0 Å². The predicted molar refractivity (Wildman–Crippen MR) is 250 cm³/mol. The lowest BCUT2D eigenvalue weighted by molar-refractivity contribution is 0.660. The van der Waals surface area contributed by atoms with Crippen molar-refractivity contribution in [2.45, 2.75) is 38.5 Å². The molecule has 0 saturated heterocycles. The highest BCUT2D eigenvalue weighted by Crippen LogP contribution is 2.57.